The molecule has 1 atom stereocenters. The molecule has 0 amide bonds. The molecule has 0 aromatic carbocycles. The largest absolute Gasteiger partial charge is 1.00 e. The molecule has 1 aromatic heterocycles. The van der Waals surface area contributed by atoms with Crippen molar-refractivity contribution in [3.63, 3.8) is 0 Å². The standard InChI is InChI=1S/C21H38N.C4H10O2.C3H8O2.ClH/c1-2-3-4-5-6-7-8-9-10-11-12-13-14-16-19-22-20-17-15-18-21-22;5-3-1-2-4-6;1-3(5)2-4;/h15,17-18,20-21H,2-14,16,19H2,1H3;5-6H,1-4H2;3-5H,2H2,1H3;1H/q+1;;;/p-1. The number of halogens is 1. The molecule has 0 saturated heterocycles. The molecule has 34 heavy (non-hydrogen) atoms. The van der Waals surface area contributed by atoms with Gasteiger partial charge in [0, 0.05) is 31.8 Å². The second-order valence-electron chi connectivity index (χ2n) is 8.90. The van der Waals surface area contributed by atoms with Crippen molar-refractivity contribution in [2.24, 2.45) is 0 Å². The third-order valence-electron chi connectivity index (χ3n) is 5.38. The van der Waals surface area contributed by atoms with Gasteiger partial charge in [0.2, 0.25) is 0 Å². The number of aliphatic hydroxyl groups excluding tert-OH is 4. The zero-order chi connectivity index (χ0) is 24.8. The lowest BCUT2D eigenvalue weighted by molar-refractivity contribution is -0.697. The number of unbranched alkanes of at least 4 members (excludes halogenated alkanes) is 14. The first-order valence-electron chi connectivity index (χ1n) is 13.6. The van der Waals surface area contributed by atoms with Crippen molar-refractivity contribution in [2.75, 3.05) is 19.8 Å². The Morgan fingerprint density at radius 1 is 0.588 bits per heavy atom. The molecule has 0 aliphatic rings. The van der Waals surface area contributed by atoms with Gasteiger partial charge in [0.15, 0.2) is 12.4 Å². The third-order valence-corrected chi connectivity index (χ3v) is 5.38. The minimum Gasteiger partial charge on any atom is -1.00 e. The Kier molecular flexibility index (Phi) is 38.3. The number of hydrogen-bond donors (Lipinski definition) is 4. The highest BCUT2D eigenvalue weighted by atomic mass is 35.5. The molecular formula is C28H56ClNO4. The van der Waals surface area contributed by atoms with Gasteiger partial charge in [-0.1, -0.05) is 90.0 Å². The minimum absolute atomic E-state index is 0. The molecule has 0 spiro atoms. The van der Waals surface area contributed by atoms with Gasteiger partial charge in [0.25, 0.3) is 0 Å². The summed E-state index contributed by atoms with van der Waals surface area (Å²) in [5.74, 6) is 0. The second-order valence-corrected chi connectivity index (χ2v) is 8.90. The van der Waals surface area contributed by atoms with Gasteiger partial charge in [-0.05, 0) is 26.2 Å². The van der Waals surface area contributed by atoms with E-state index in [1.54, 1.807) is 0 Å². The summed E-state index contributed by atoms with van der Waals surface area (Å²) in [4.78, 5) is 0. The highest BCUT2D eigenvalue weighted by molar-refractivity contribution is 4.83. The van der Waals surface area contributed by atoms with E-state index in [9.17, 15) is 0 Å². The summed E-state index contributed by atoms with van der Waals surface area (Å²) < 4.78 is 2.29. The monoisotopic (exact) mass is 505 g/mol. The Bertz CT molecular complexity index is 445. The highest BCUT2D eigenvalue weighted by Gasteiger charge is 1.98. The van der Waals surface area contributed by atoms with Crippen molar-refractivity contribution in [3.8, 4) is 0 Å². The van der Waals surface area contributed by atoms with E-state index in [-0.39, 0.29) is 32.2 Å². The molecule has 0 bridgehead atoms. The number of pyridine rings is 1. The number of rotatable bonds is 19. The Balaban J connectivity index is -0.000000666. The first-order chi connectivity index (χ1) is 16.1. The van der Waals surface area contributed by atoms with Crippen molar-refractivity contribution in [2.45, 2.75) is 129 Å². The van der Waals surface area contributed by atoms with E-state index in [0.29, 0.717) is 0 Å². The van der Waals surface area contributed by atoms with Crippen molar-refractivity contribution < 1.29 is 37.4 Å². The summed E-state index contributed by atoms with van der Waals surface area (Å²) in [7, 11) is 0. The van der Waals surface area contributed by atoms with E-state index in [2.05, 4.69) is 42.1 Å². The molecular weight excluding hydrogens is 450 g/mol. The highest BCUT2D eigenvalue weighted by Crippen LogP contribution is 2.12. The fourth-order valence-electron chi connectivity index (χ4n) is 3.30. The van der Waals surface area contributed by atoms with Crippen LogP contribution in [-0.2, 0) is 6.54 Å². The van der Waals surface area contributed by atoms with Crippen LogP contribution in [0, 0.1) is 0 Å². The Labute approximate surface area is 217 Å². The molecule has 4 N–H and O–H groups in total. The predicted octanol–water partition coefficient (Wildman–Crippen LogP) is 2.57. The van der Waals surface area contributed by atoms with Crippen molar-refractivity contribution in [1.82, 2.24) is 0 Å². The molecule has 0 saturated carbocycles. The first kappa shape index (κ1) is 37.8. The predicted molar refractivity (Wildman–Crippen MR) is 139 cm³/mol. The molecule has 0 radical (unpaired) electrons. The van der Waals surface area contributed by atoms with Crippen molar-refractivity contribution >= 4 is 0 Å². The van der Waals surface area contributed by atoms with Crippen LogP contribution in [0.2, 0.25) is 0 Å². The van der Waals surface area contributed by atoms with Crippen LogP contribution in [0.5, 0.6) is 0 Å². The zero-order valence-electron chi connectivity index (χ0n) is 22.2. The maximum absolute atomic E-state index is 8.11. The fourth-order valence-corrected chi connectivity index (χ4v) is 3.30. The van der Waals surface area contributed by atoms with Crippen LogP contribution in [0.25, 0.3) is 0 Å². The molecule has 0 aliphatic heterocycles. The average Bonchev–Trinajstić information content (AvgIpc) is 2.84. The molecule has 5 nitrogen and oxygen atoms in total. The van der Waals surface area contributed by atoms with Crippen LogP contribution < -0.4 is 17.0 Å². The zero-order valence-corrected chi connectivity index (χ0v) is 23.0. The van der Waals surface area contributed by atoms with Crippen LogP contribution in [0.4, 0.5) is 0 Å². The Morgan fingerprint density at radius 3 is 1.26 bits per heavy atom. The van der Waals surface area contributed by atoms with Crippen molar-refractivity contribution in [1.29, 1.82) is 0 Å². The summed E-state index contributed by atoms with van der Waals surface area (Å²) >= 11 is 0. The minimum atomic E-state index is -0.560. The topological polar surface area (TPSA) is 84.8 Å². The van der Waals surface area contributed by atoms with Crippen LogP contribution in [0.15, 0.2) is 30.6 Å². The molecule has 1 rings (SSSR count). The van der Waals surface area contributed by atoms with Gasteiger partial charge in [-0.3, -0.25) is 0 Å². The van der Waals surface area contributed by atoms with Crippen LogP contribution >= 0.6 is 0 Å². The summed E-state index contributed by atoms with van der Waals surface area (Å²) in [6.45, 7) is 5.25. The van der Waals surface area contributed by atoms with Gasteiger partial charge in [-0.15, -0.1) is 0 Å². The maximum atomic E-state index is 8.11. The smallest absolute Gasteiger partial charge is 0.168 e. The Hall–Kier alpha value is -0.720. The van der Waals surface area contributed by atoms with E-state index >= 15 is 0 Å². The first-order valence-corrected chi connectivity index (χ1v) is 13.6. The summed E-state index contributed by atoms with van der Waals surface area (Å²) in [6, 6.07) is 6.31. The van der Waals surface area contributed by atoms with E-state index < -0.39 is 6.10 Å². The average molecular weight is 506 g/mol. The second kappa shape index (κ2) is 34.4. The maximum Gasteiger partial charge on any atom is 0.168 e. The third kappa shape index (κ3) is 35.9. The van der Waals surface area contributed by atoms with E-state index in [4.69, 9.17) is 20.4 Å². The summed E-state index contributed by atoms with van der Waals surface area (Å²) in [6.07, 6.45) is 25.3. The van der Waals surface area contributed by atoms with Crippen LogP contribution in [0.3, 0.4) is 0 Å². The number of aryl methyl sites for hydroxylation is 1. The number of nitrogens with zero attached hydrogens (tertiary/aromatic N) is 1. The SMILES string of the molecule is CC(O)CO.CCCCCCCCCCCCCCCC[n+]1ccccc1.OCCCCO.[Cl-]. The van der Waals surface area contributed by atoms with Gasteiger partial charge in [0.1, 0.15) is 6.54 Å². The van der Waals surface area contributed by atoms with Gasteiger partial charge < -0.3 is 32.8 Å². The van der Waals surface area contributed by atoms with Crippen molar-refractivity contribution in [3.05, 3.63) is 30.6 Å². The quantitative estimate of drug-likeness (QED) is 0.172. The van der Waals surface area contributed by atoms with Gasteiger partial charge in [-0.25, -0.2) is 4.57 Å². The van der Waals surface area contributed by atoms with Gasteiger partial charge >= 0.3 is 0 Å². The lowest BCUT2D eigenvalue weighted by atomic mass is 10.0. The van der Waals surface area contributed by atoms with Gasteiger partial charge in [0.05, 0.1) is 12.7 Å². The lowest BCUT2D eigenvalue weighted by Crippen LogP contribution is -3.00. The number of hydrogen-bond acceptors (Lipinski definition) is 4. The molecule has 6 heteroatoms. The molecule has 1 aromatic rings. The lowest BCUT2D eigenvalue weighted by Gasteiger charge is -2.02. The molecule has 1 heterocycles. The van der Waals surface area contributed by atoms with Crippen LogP contribution in [0.1, 0.15) is 117 Å². The van der Waals surface area contributed by atoms with E-state index in [1.165, 1.54) is 103 Å². The summed E-state index contributed by atoms with van der Waals surface area (Å²) in [5.41, 5.74) is 0. The molecule has 204 valence electrons. The number of aliphatic hydroxyl groups is 4. The molecule has 0 fully saturated rings. The fraction of sp³-hybridized carbons (Fsp3) is 0.821. The normalized spacial score (nSPS) is 10.9. The number of aromatic nitrogens is 1. The molecule has 0 aliphatic carbocycles. The van der Waals surface area contributed by atoms with Gasteiger partial charge in [-0.2, -0.15) is 0 Å². The van der Waals surface area contributed by atoms with Crippen LogP contribution in [-0.4, -0.2) is 46.4 Å². The summed E-state index contributed by atoms with van der Waals surface area (Å²) in [5, 5.41) is 32.2. The van der Waals surface area contributed by atoms with E-state index in [1.807, 2.05) is 0 Å². The molecule has 1 unspecified atom stereocenters. The Morgan fingerprint density at radius 2 is 0.941 bits per heavy atom. The van der Waals surface area contributed by atoms with E-state index in [0.717, 1.165) is 12.8 Å².